The average Bonchev–Trinajstić information content (AvgIpc) is 2.85. The number of carbonyl (C=O) groups is 3. The van der Waals surface area contributed by atoms with Crippen molar-refractivity contribution >= 4 is 33.5 Å². The number of benzene rings is 1. The van der Waals surface area contributed by atoms with Gasteiger partial charge in [0.2, 0.25) is 15.9 Å². The third-order valence-corrected chi connectivity index (χ3v) is 6.17. The molecule has 166 valence electrons. The average molecular weight is 440 g/mol. The van der Waals surface area contributed by atoms with Crippen molar-refractivity contribution in [1.82, 2.24) is 9.62 Å². The largest absolute Gasteiger partial charge is 0.451 e. The van der Waals surface area contributed by atoms with E-state index < -0.39 is 28.0 Å². The zero-order chi connectivity index (χ0) is 22.3. The maximum Gasteiger partial charge on any atom is 0.326 e. The number of carbonyl (C=O) groups excluding carboxylic acids is 3. The number of anilines is 1. The van der Waals surface area contributed by atoms with Crippen molar-refractivity contribution in [3.8, 4) is 0 Å². The van der Waals surface area contributed by atoms with Crippen LogP contribution in [-0.2, 0) is 29.1 Å². The van der Waals surface area contributed by atoms with E-state index in [1.54, 1.807) is 13.8 Å². The summed E-state index contributed by atoms with van der Waals surface area (Å²) in [6.07, 6.45) is 1.96. The molecule has 9 nitrogen and oxygen atoms in total. The summed E-state index contributed by atoms with van der Waals surface area (Å²) in [6, 6.07) is 5.42. The van der Waals surface area contributed by atoms with Gasteiger partial charge in [-0.1, -0.05) is 6.42 Å². The van der Waals surface area contributed by atoms with Gasteiger partial charge in [-0.05, 0) is 57.9 Å². The topological polar surface area (TPSA) is 122 Å². The molecule has 1 aliphatic rings. The van der Waals surface area contributed by atoms with E-state index >= 15 is 0 Å². The molecule has 1 aromatic rings. The summed E-state index contributed by atoms with van der Waals surface area (Å²) in [5, 5.41) is 2.58. The lowest BCUT2D eigenvalue weighted by molar-refractivity contribution is -0.156. The van der Waals surface area contributed by atoms with Gasteiger partial charge < -0.3 is 15.0 Å². The van der Waals surface area contributed by atoms with Crippen molar-refractivity contribution in [2.75, 3.05) is 18.4 Å². The van der Waals surface area contributed by atoms with Crippen molar-refractivity contribution in [3.63, 3.8) is 0 Å². The van der Waals surface area contributed by atoms with E-state index in [-0.39, 0.29) is 23.4 Å². The quantitative estimate of drug-likeness (QED) is 0.594. The summed E-state index contributed by atoms with van der Waals surface area (Å²) in [4.78, 5) is 37.9. The third-order valence-electron chi connectivity index (χ3n) is 4.49. The second kappa shape index (κ2) is 10.5. The molecule has 30 heavy (non-hydrogen) atoms. The fraction of sp³-hybridized carbons (Fsp3) is 0.550. The summed E-state index contributed by atoms with van der Waals surface area (Å²) in [6.45, 7) is 5.21. The molecule has 0 saturated carbocycles. The van der Waals surface area contributed by atoms with Gasteiger partial charge in [0.05, 0.1) is 4.90 Å². The fourth-order valence-corrected chi connectivity index (χ4v) is 4.24. The molecule has 0 bridgehead atoms. The first-order valence-corrected chi connectivity index (χ1v) is 11.5. The lowest BCUT2D eigenvalue weighted by Gasteiger charge is -2.20. The van der Waals surface area contributed by atoms with Crippen molar-refractivity contribution in [3.05, 3.63) is 24.3 Å². The van der Waals surface area contributed by atoms with Crippen LogP contribution >= 0.6 is 0 Å². The SMILES string of the molecule is CC(C)NS(=O)(=O)c1ccc(NC(=O)C(C)OC(=O)CN2CCCCCC2=O)cc1. The molecule has 1 atom stereocenters. The second-order valence-corrected chi connectivity index (χ2v) is 9.26. The van der Waals surface area contributed by atoms with Gasteiger partial charge in [0.25, 0.3) is 5.91 Å². The number of rotatable bonds is 8. The molecule has 0 aliphatic carbocycles. The number of nitrogens with zero attached hydrogens (tertiary/aromatic N) is 1. The van der Waals surface area contributed by atoms with Crippen LogP contribution in [0.15, 0.2) is 29.2 Å². The van der Waals surface area contributed by atoms with E-state index in [4.69, 9.17) is 4.74 Å². The molecule has 0 radical (unpaired) electrons. The van der Waals surface area contributed by atoms with Crippen LogP contribution in [0.3, 0.4) is 0 Å². The smallest absolute Gasteiger partial charge is 0.326 e. The zero-order valence-corrected chi connectivity index (χ0v) is 18.3. The van der Waals surface area contributed by atoms with Gasteiger partial charge in [0, 0.05) is 24.7 Å². The number of hydrogen-bond donors (Lipinski definition) is 2. The van der Waals surface area contributed by atoms with Gasteiger partial charge in [-0.15, -0.1) is 0 Å². The summed E-state index contributed by atoms with van der Waals surface area (Å²) in [5.74, 6) is -1.28. The molecule has 1 fully saturated rings. The van der Waals surface area contributed by atoms with Crippen molar-refractivity contribution in [2.45, 2.75) is 63.5 Å². The standard InChI is InChI=1S/C20H29N3O6S/c1-14(2)22-30(27,28)17-10-8-16(9-11-17)21-20(26)15(3)29-19(25)13-23-12-6-4-5-7-18(23)24/h8-11,14-15,22H,4-7,12-13H2,1-3H3,(H,21,26). The second-order valence-electron chi connectivity index (χ2n) is 7.55. The number of hydrogen-bond acceptors (Lipinski definition) is 6. The Balaban J connectivity index is 1.89. The molecular formula is C20H29N3O6S. The Kier molecular flexibility index (Phi) is 8.36. The fourth-order valence-electron chi connectivity index (χ4n) is 2.99. The van der Waals surface area contributed by atoms with Crippen molar-refractivity contribution < 1.29 is 27.5 Å². The summed E-state index contributed by atoms with van der Waals surface area (Å²) >= 11 is 0. The van der Waals surface area contributed by atoms with Crippen LogP contribution in [0.5, 0.6) is 0 Å². The Morgan fingerprint density at radius 3 is 2.40 bits per heavy atom. The van der Waals surface area contributed by atoms with E-state index in [0.717, 1.165) is 19.3 Å². The molecule has 1 aliphatic heterocycles. The van der Waals surface area contributed by atoms with Crippen LogP contribution in [-0.4, -0.2) is 56.3 Å². The van der Waals surface area contributed by atoms with Crippen molar-refractivity contribution in [1.29, 1.82) is 0 Å². The van der Waals surface area contributed by atoms with E-state index in [0.29, 0.717) is 18.7 Å². The molecule has 1 unspecified atom stereocenters. The highest BCUT2D eigenvalue weighted by Gasteiger charge is 2.23. The van der Waals surface area contributed by atoms with E-state index in [1.807, 2.05) is 0 Å². The maximum absolute atomic E-state index is 12.3. The highest BCUT2D eigenvalue weighted by molar-refractivity contribution is 7.89. The molecular weight excluding hydrogens is 410 g/mol. The van der Waals surface area contributed by atoms with E-state index in [2.05, 4.69) is 10.0 Å². The van der Waals surface area contributed by atoms with Gasteiger partial charge in [0.1, 0.15) is 6.54 Å². The molecule has 2 amide bonds. The zero-order valence-electron chi connectivity index (χ0n) is 17.5. The molecule has 1 saturated heterocycles. The minimum Gasteiger partial charge on any atom is -0.451 e. The predicted octanol–water partition coefficient (Wildman–Crippen LogP) is 1.65. The Morgan fingerprint density at radius 2 is 1.77 bits per heavy atom. The van der Waals surface area contributed by atoms with Crippen LogP contribution in [0, 0.1) is 0 Å². The molecule has 1 heterocycles. The number of ether oxygens (including phenoxy) is 1. The summed E-state index contributed by atoms with van der Waals surface area (Å²) in [7, 11) is -3.62. The number of esters is 1. The van der Waals surface area contributed by atoms with E-state index in [9.17, 15) is 22.8 Å². The number of sulfonamides is 1. The molecule has 10 heteroatoms. The van der Waals surface area contributed by atoms with Crippen LogP contribution < -0.4 is 10.0 Å². The Hall–Kier alpha value is -2.46. The maximum atomic E-state index is 12.3. The highest BCUT2D eigenvalue weighted by atomic mass is 32.2. The first-order chi connectivity index (χ1) is 14.1. The normalized spacial score (nSPS) is 16.1. The predicted molar refractivity (Wildman–Crippen MR) is 111 cm³/mol. The van der Waals surface area contributed by atoms with Gasteiger partial charge in [0.15, 0.2) is 6.10 Å². The third kappa shape index (κ3) is 7.10. The minimum absolute atomic E-state index is 0.0794. The van der Waals surface area contributed by atoms with Gasteiger partial charge >= 0.3 is 5.97 Å². The van der Waals surface area contributed by atoms with E-state index in [1.165, 1.54) is 36.1 Å². The molecule has 2 N–H and O–H groups in total. The van der Waals surface area contributed by atoms with Crippen molar-refractivity contribution in [2.24, 2.45) is 0 Å². The molecule has 0 spiro atoms. The van der Waals surface area contributed by atoms with Crippen LogP contribution in [0.4, 0.5) is 5.69 Å². The van der Waals surface area contributed by atoms with Gasteiger partial charge in [-0.2, -0.15) is 0 Å². The number of nitrogens with one attached hydrogen (secondary N) is 2. The van der Waals surface area contributed by atoms with Crippen LogP contribution in [0.2, 0.25) is 0 Å². The monoisotopic (exact) mass is 439 g/mol. The Morgan fingerprint density at radius 1 is 1.10 bits per heavy atom. The molecule has 0 aromatic heterocycles. The lowest BCUT2D eigenvalue weighted by Crippen LogP contribution is -2.38. The first kappa shape index (κ1) is 23.8. The summed E-state index contributed by atoms with van der Waals surface area (Å²) in [5.41, 5.74) is 0.370. The first-order valence-electron chi connectivity index (χ1n) is 9.99. The van der Waals surface area contributed by atoms with Gasteiger partial charge in [-0.25, -0.2) is 13.1 Å². The highest BCUT2D eigenvalue weighted by Crippen LogP contribution is 2.15. The Bertz CT molecular complexity index is 867. The Labute approximate surface area is 177 Å². The van der Waals surface area contributed by atoms with Crippen LogP contribution in [0.25, 0.3) is 0 Å². The summed E-state index contributed by atoms with van der Waals surface area (Å²) < 4.78 is 31.9. The molecule has 1 aromatic carbocycles. The number of likely N-dealkylation sites (tertiary alicyclic amines) is 1. The minimum atomic E-state index is -3.62. The number of amides is 2. The molecule has 2 rings (SSSR count). The van der Waals surface area contributed by atoms with Crippen LogP contribution in [0.1, 0.15) is 46.5 Å². The lowest BCUT2D eigenvalue weighted by atomic mass is 10.2. The van der Waals surface area contributed by atoms with Gasteiger partial charge in [-0.3, -0.25) is 14.4 Å².